The van der Waals surface area contributed by atoms with Gasteiger partial charge in [0, 0.05) is 5.69 Å². The second-order valence-corrected chi connectivity index (χ2v) is 7.10. The smallest absolute Gasteiger partial charge is 0.347 e. The third-order valence-corrected chi connectivity index (χ3v) is 5.61. The first-order valence-electron chi connectivity index (χ1n) is 8.99. The van der Waals surface area contributed by atoms with Crippen LogP contribution < -0.4 is 5.73 Å². The zero-order valence-electron chi connectivity index (χ0n) is 14.7. The molecular weight excluding hydrogens is 350 g/mol. The fourth-order valence-electron chi connectivity index (χ4n) is 4.45. The van der Waals surface area contributed by atoms with Gasteiger partial charge in [0.25, 0.3) is 0 Å². The van der Waals surface area contributed by atoms with E-state index in [-0.39, 0.29) is 0 Å². The van der Waals surface area contributed by atoms with Crippen molar-refractivity contribution >= 4 is 60.7 Å². The summed E-state index contributed by atoms with van der Waals surface area (Å²) in [5, 5.41) is 7.44. The average molecular weight is 363 g/mol. The minimum absolute atomic E-state index is 0.349. The van der Waals surface area contributed by atoms with Crippen molar-refractivity contribution in [1.82, 2.24) is 0 Å². The Kier molecular flexibility index (Phi) is 2.75. The van der Waals surface area contributed by atoms with Gasteiger partial charge in [-0.25, -0.2) is 9.59 Å². The van der Waals surface area contributed by atoms with E-state index >= 15 is 0 Å². The maximum absolute atomic E-state index is 12.5. The number of benzene rings is 5. The molecule has 132 valence electrons. The highest BCUT2D eigenvalue weighted by molar-refractivity contribution is 6.37. The molecule has 0 atom stereocenters. The standard InChI is InChI=1S/C24H13NO3/c25-14-7-10-16-13(11-14)6-9-18-20(16)19-15-4-2-1-3-12(15)5-8-17(19)21-22(18)24(27)28-23(21)26/h1-11H,25H2. The number of anilines is 1. The van der Waals surface area contributed by atoms with Crippen LogP contribution in [0.4, 0.5) is 5.69 Å². The predicted octanol–water partition coefficient (Wildman–Crippen LogP) is 5.19. The first kappa shape index (κ1) is 15.2. The summed E-state index contributed by atoms with van der Waals surface area (Å²) in [5.41, 5.74) is 7.36. The van der Waals surface area contributed by atoms with Crippen molar-refractivity contribution in [3.63, 3.8) is 0 Å². The zero-order valence-corrected chi connectivity index (χ0v) is 14.7. The number of fused-ring (bicyclic) bond motifs is 10. The maximum Gasteiger partial charge on any atom is 0.347 e. The van der Waals surface area contributed by atoms with Crippen LogP contribution in [0.2, 0.25) is 0 Å². The number of carbonyl (C=O) groups excluding carboxylic acids is 2. The number of nitrogen functional groups attached to an aromatic ring is 1. The Bertz CT molecular complexity index is 1530. The summed E-state index contributed by atoms with van der Waals surface area (Å²) in [6.07, 6.45) is 0. The molecule has 0 saturated carbocycles. The predicted molar refractivity (Wildman–Crippen MR) is 111 cm³/mol. The number of ether oxygens (including phenoxy) is 1. The molecule has 4 nitrogen and oxygen atoms in total. The van der Waals surface area contributed by atoms with Gasteiger partial charge in [0.15, 0.2) is 0 Å². The topological polar surface area (TPSA) is 69.4 Å². The molecule has 4 heteroatoms. The van der Waals surface area contributed by atoms with E-state index in [0.29, 0.717) is 16.8 Å². The fraction of sp³-hybridized carbons (Fsp3) is 0. The number of esters is 2. The molecule has 0 saturated heterocycles. The van der Waals surface area contributed by atoms with E-state index in [1.165, 1.54) is 0 Å². The van der Waals surface area contributed by atoms with E-state index in [1.54, 1.807) is 0 Å². The SMILES string of the molecule is Nc1ccc2c(ccc3c4c(c5ccc6ccccc6c5c32)C(=O)OC4=O)c1. The highest BCUT2D eigenvalue weighted by atomic mass is 16.6. The van der Waals surface area contributed by atoms with Crippen molar-refractivity contribution in [1.29, 1.82) is 0 Å². The summed E-state index contributed by atoms with van der Waals surface area (Å²) in [7, 11) is 0. The lowest BCUT2D eigenvalue weighted by Crippen LogP contribution is -1.97. The van der Waals surface area contributed by atoms with Crippen LogP contribution in [0.1, 0.15) is 20.7 Å². The Morgan fingerprint density at radius 3 is 1.89 bits per heavy atom. The number of carbonyl (C=O) groups is 2. The second kappa shape index (κ2) is 5.08. The lowest BCUT2D eigenvalue weighted by Gasteiger charge is -2.14. The third kappa shape index (κ3) is 1.79. The highest BCUT2D eigenvalue weighted by Gasteiger charge is 2.35. The summed E-state index contributed by atoms with van der Waals surface area (Å²) < 4.78 is 4.99. The molecule has 0 aromatic heterocycles. The van der Waals surface area contributed by atoms with Crippen molar-refractivity contribution in [2.24, 2.45) is 0 Å². The Morgan fingerprint density at radius 2 is 1.18 bits per heavy atom. The number of hydrogen-bond donors (Lipinski definition) is 1. The number of hydrogen-bond acceptors (Lipinski definition) is 4. The average Bonchev–Trinajstić information content (AvgIpc) is 3.01. The van der Waals surface area contributed by atoms with Gasteiger partial charge in [-0.05, 0) is 55.2 Å². The Balaban J connectivity index is 2.03. The van der Waals surface area contributed by atoms with E-state index in [0.717, 1.165) is 43.1 Å². The van der Waals surface area contributed by atoms with Crippen LogP contribution in [0.3, 0.4) is 0 Å². The first-order chi connectivity index (χ1) is 13.6. The van der Waals surface area contributed by atoms with Crippen LogP contribution in [0.5, 0.6) is 0 Å². The van der Waals surface area contributed by atoms with Crippen LogP contribution in [-0.4, -0.2) is 11.9 Å². The molecule has 0 aliphatic carbocycles. The molecule has 0 spiro atoms. The zero-order chi connectivity index (χ0) is 19.0. The molecule has 0 fully saturated rings. The molecule has 28 heavy (non-hydrogen) atoms. The second-order valence-electron chi connectivity index (χ2n) is 7.10. The van der Waals surface area contributed by atoms with Crippen LogP contribution in [-0.2, 0) is 4.74 Å². The normalized spacial score (nSPS) is 13.6. The molecule has 0 amide bonds. The lowest BCUT2D eigenvalue weighted by atomic mass is 9.87. The van der Waals surface area contributed by atoms with Gasteiger partial charge in [-0.2, -0.15) is 0 Å². The number of rotatable bonds is 0. The monoisotopic (exact) mass is 363 g/mol. The lowest BCUT2D eigenvalue weighted by molar-refractivity contribution is 0.0445. The van der Waals surface area contributed by atoms with E-state index in [1.807, 2.05) is 66.7 Å². The Hall–Kier alpha value is -3.92. The molecule has 1 aliphatic rings. The van der Waals surface area contributed by atoms with Gasteiger partial charge in [-0.15, -0.1) is 0 Å². The summed E-state index contributed by atoms with van der Waals surface area (Å²) in [4.78, 5) is 25.0. The molecule has 5 aromatic rings. The number of cyclic esters (lactones) is 2. The van der Waals surface area contributed by atoms with Crippen molar-refractivity contribution in [3.05, 3.63) is 77.9 Å². The van der Waals surface area contributed by atoms with Gasteiger partial charge in [0.1, 0.15) is 0 Å². The van der Waals surface area contributed by atoms with Gasteiger partial charge in [0.2, 0.25) is 0 Å². The van der Waals surface area contributed by atoms with E-state index in [2.05, 4.69) is 0 Å². The Morgan fingerprint density at radius 1 is 0.607 bits per heavy atom. The molecule has 2 N–H and O–H groups in total. The quantitative estimate of drug-likeness (QED) is 0.178. The third-order valence-electron chi connectivity index (χ3n) is 5.61. The van der Waals surface area contributed by atoms with E-state index < -0.39 is 11.9 Å². The van der Waals surface area contributed by atoms with Crippen molar-refractivity contribution in [2.45, 2.75) is 0 Å². The molecule has 0 unspecified atom stereocenters. The van der Waals surface area contributed by atoms with E-state index in [4.69, 9.17) is 10.5 Å². The first-order valence-corrected chi connectivity index (χ1v) is 8.99. The molecule has 5 aromatic carbocycles. The van der Waals surface area contributed by atoms with Crippen molar-refractivity contribution in [2.75, 3.05) is 5.73 Å². The summed E-state index contributed by atoms with van der Waals surface area (Å²) in [5.74, 6) is -1.17. The van der Waals surface area contributed by atoms with E-state index in [9.17, 15) is 9.59 Å². The van der Waals surface area contributed by atoms with Crippen molar-refractivity contribution < 1.29 is 14.3 Å². The van der Waals surface area contributed by atoms with Gasteiger partial charge in [0.05, 0.1) is 11.1 Å². The molecule has 0 radical (unpaired) electrons. The highest BCUT2D eigenvalue weighted by Crippen LogP contribution is 2.43. The van der Waals surface area contributed by atoms with Crippen LogP contribution in [0.25, 0.3) is 43.1 Å². The molecule has 1 heterocycles. The van der Waals surface area contributed by atoms with Crippen molar-refractivity contribution in [3.8, 4) is 0 Å². The largest absolute Gasteiger partial charge is 0.399 e. The molecule has 1 aliphatic heterocycles. The summed E-state index contributed by atoms with van der Waals surface area (Å²) in [6, 6.07) is 21.5. The van der Waals surface area contributed by atoms with Crippen LogP contribution in [0, 0.1) is 0 Å². The van der Waals surface area contributed by atoms with Gasteiger partial charge >= 0.3 is 11.9 Å². The summed E-state index contributed by atoms with van der Waals surface area (Å²) in [6.45, 7) is 0. The van der Waals surface area contributed by atoms with Gasteiger partial charge in [-0.1, -0.05) is 54.6 Å². The van der Waals surface area contributed by atoms with Crippen LogP contribution in [0.15, 0.2) is 66.7 Å². The maximum atomic E-state index is 12.5. The molecule has 6 rings (SSSR count). The minimum atomic E-state index is -0.588. The minimum Gasteiger partial charge on any atom is -0.399 e. The summed E-state index contributed by atoms with van der Waals surface area (Å²) >= 11 is 0. The molecule has 0 bridgehead atoms. The Labute approximate surface area is 159 Å². The van der Waals surface area contributed by atoms with Gasteiger partial charge < -0.3 is 10.5 Å². The molecular formula is C24H13NO3. The number of nitrogens with two attached hydrogens (primary N) is 1. The van der Waals surface area contributed by atoms with Gasteiger partial charge in [-0.3, -0.25) is 0 Å². The fourth-order valence-corrected chi connectivity index (χ4v) is 4.45. The van der Waals surface area contributed by atoms with Crippen LogP contribution >= 0.6 is 0 Å².